The number of rotatable bonds is 5. The summed E-state index contributed by atoms with van der Waals surface area (Å²) in [5, 5.41) is 20.0. The van der Waals surface area contributed by atoms with E-state index in [-0.39, 0.29) is 17.8 Å². The van der Waals surface area contributed by atoms with Crippen LogP contribution in [0.3, 0.4) is 0 Å². The summed E-state index contributed by atoms with van der Waals surface area (Å²) in [4.78, 5) is 13.1. The number of aromatic hydroxyl groups is 1. The molecule has 1 aromatic heterocycles. The predicted molar refractivity (Wildman–Crippen MR) is 113 cm³/mol. The van der Waals surface area contributed by atoms with Gasteiger partial charge in [0.25, 0.3) is 0 Å². The van der Waals surface area contributed by atoms with Crippen LogP contribution in [0.4, 0.5) is 0 Å². The number of fused-ring (bicyclic) bond motifs is 1. The minimum absolute atomic E-state index is 0.150. The Bertz CT molecular complexity index is 1090. The first-order valence-corrected chi connectivity index (χ1v) is 9.59. The van der Waals surface area contributed by atoms with Crippen molar-refractivity contribution in [3.05, 3.63) is 59.2 Å². The predicted octanol–water partition coefficient (Wildman–Crippen LogP) is 4.39. The first-order valence-electron chi connectivity index (χ1n) is 9.59. The second-order valence-corrected chi connectivity index (χ2v) is 8.41. The molecule has 0 aliphatic heterocycles. The molecule has 0 spiro atoms. The van der Waals surface area contributed by atoms with Gasteiger partial charge in [-0.05, 0) is 48.6 Å². The smallest absolute Gasteiger partial charge is 0.333 e. The van der Waals surface area contributed by atoms with Gasteiger partial charge in [0.15, 0.2) is 0 Å². The Hall–Kier alpha value is -3.15. The fourth-order valence-corrected chi connectivity index (χ4v) is 3.06. The molecule has 0 radical (unpaired) electrons. The van der Waals surface area contributed by atoms with Crippen LogP contribution < -0.4 is 0 Å². The van der Waals surface area contributed by atoms with Crippen molar-refractivity contribution < 1.29 is 14.6 Å². The molecule has 0 saturated heterocycles. The summed E-state index contributed by atoms with van der Waals surface area (Å²) in [6.45, 7) is 13.5. The molecule has 0 aliphatic carbocycles. The van der Waals surface area contributed by atoms with Crippen LogP contribution in [0.25, 0.3) is 16.7 Å². The maximum atomic E-state index is 11.6. The average Bonchev–Trinajstić information content (AvgIpc) is 3.04. The summed E-state index contributed by atoms with van der Waals surface area (Å²) in [5.41, 5.74) is 4.92. The number of hydrogen-bond donors (Lipinski definition) is 1. The molecule has 6 nitrogen and oxygen atoms in total. The van der Waals surface area contributed by atoms with Crippen molar-refractivity contribution in [2.75, 3.05) is 6.61 Å². The normalized spacial score (nSPS) is 11.6. The summed E-state index contributed by atoms with van der Waals surface area (Å²) in [6.07, 6.45) is 0.509. The maximum absolute atomic E-state index is 11.6. The molecule has 152 valence electrons. The highest BCUT2D eigenvalue weighted by atomic mass is 16.5. The van der Waals surface area contributed by atoms with Gasteiger partial charge in [0.2, 0.25) is 0 Å². The Labute approximate surface area is 170 Å². The van der Waals surface area contributed by atoms with Crippen LogP contribution >= 0.6 is 0 Å². The largest absolute Gasteiger partial charge is 0.505 e. The highest BCUT2D eigenvalue weighted by molar-refractivity contribution is 5.86. The zero-order valence-electron chi connectivity index (χ0n) is 17.6. The molecule has 0 amide bonds. The minimum Gasteiger partial charge on any atom is -0.505 e. The number of esters is 1. The molecule has 0 saturated carbocycles. The summed E-state index contributed by atoms with van der Waals surface area (Å²) in [7, 11) is 0. The molecule has 0 unspecified atom stereocenters. The molecule has 6 heteroatoms. The van der Waals surface area contributed by atoms with Gasteiger partial charge in [0.05, 0.1) is 6.61 Å². The van der Waals surface area contributed by atoms with E-state index >= 15 is 0 Å². The summed E-state index contributed by atoms with van der Waals surface area (Å²) in [6, 6.07) is 9.64. The Kier molecular flexibility index (Phi) is 5.46. The molecule has 0 aliphatic rings. The van der Waals surface area contributed by atoms with Crippen LogP contribution in [0.15, 0.2) is 42.5 Å². The van der Waals surface area contributed by atoms with Crippen LogP contribution in [0.5, 0.6) is 5.75 Å². The third-order valence-corrected chi connectivity index (χ3v) is 4.68. The molecule has 1 heterocycles. The molecule has 1 N–H and O–H groups in total. The number of phenolic OH excluding ortho intramolecular Hbond substituents is 1. The summed E-state index contributed by atoms with van der Waals surface area (Å²) < 4.78 is 5.23. The third kappa shape index (κ3) is 4.47. The van der Waals surface area contributed by atoms with E-state index in [1.165, 1.54) is 4.80 Å². The number of phenols is 1. The van der Waals surface area contributed by atoms with Crippen molar-refractivity contribution in [2.45, 2.75) is 46.5 Å². The van der Waals surface area contributed by atoms with Gasteiger partial charge >= 0.3 is 5.97 Å². The van der Waals surface area contributed by atoms with Crippen molar-refractivity contribution in [2.24, 2.45) is 0 Å². The first kappa shape index (κ1) is 20.6. The van der Waals surface area contributed by atoms with E-state index in [1.807, 2.05) is 58.0 Å². The lowest BCUT2D eigenvalue weighted by Crippen LogP contribution is -2.15. The van der Waals surface area contributed by atoms with Crippen LogP contribution in [0.1, 0.15) is 44.4 Å². The average molecular weight is 393 g/mol. The van der Waals surface area contributed by atoms with E-state index in [0.29, 0.717) is 17.7 Å². The summed E-state index contributed by atoms with van der Waals surface area (Å²) in [5.74, 6) is -0.257. The van der Waals surface area contributed by atoms with E-state index in [0.717, 1.165) is 27.7 Å². The Balaban J connectivity index is 2.02. The van der Waals surface area contributed by atoms with E-state index in [1.54, 1.807) is 6.92 Å². The highest BCUT2D eigenvalue weighted by Gasteiger charge is 2.23. The van der Waals surface area contributed by atoms with Gasteiger partial charge in [0.1, 0.15) is 22.5 Å². The quantitative estimate of drug-likeness (QED) is 0.514. The topological polar surface area (TPSA) is 77.2 Å². The second-order valence-electron chi connectivity index (χ2n) is 8.41. The van der Waals surface area contributed by atoms with Gasteiger partial charge in [-0.3, -0.25) is 0 Å². The van der Waals surface area contributed by atoms with Crippen LogP contribution in [0.2, 0.25) is 0 Å². The van der Waals surface area contributed by atoms with Gasteiger partial charge in [-0.2, -0.15) is 0 Å². The van der Waals surface area contributed by atoms with E-state index in [9.17, 15) is 9.90 Å². The van der Waals surface area contributed by atoms with Gasteiger partial charge in [-0.15, -0.1) is 15.0 Å². The lowest BCUT2D eigenvalue weighted by molar-refractivity contribution is -0.138. The maximum Gasteiger partial charge on any atom is 0.333 e. The van der Waals surface area contributed by atoms with Gasteiger partial charge < -0.3 is 9.84 Å². The lowest BCUT2D eigenvalue weighted by atomic mass is 9.84. The molecular formula is C23H27N3O3. The molecule has 3 aromatic rings. The minimum atomic E-state index is -0.407. The van der Waals surface area contributed by atoms with Crippen molar-refractivity contribution in [3.63, 3.8) is 0 Å². The van der Waals surface area contributed by atoms with Crippen LogP contribution in [-0.2, 0) is 21.4 Å². The number of aryl methyl sites for hydroxylation is 1. The molecule has 29 heavy (non-hydrogen) atoms. The third-order valence-electron chi connectivity index (χ3n) is 4.68. The van der Waals surface area contributed by atoms with Crippen LogP contribution in [0, 0.1) is 6.92 Å². The SMILES string of the molecule is C=C(C)C(=O)OCCc1cc(-n2nc3ccc(C)cc3n2)c(O)c(C(C)(C)C)c1. The highest BCUT2D eigenvalue weighted by Crippen LogP contribution is 2.36. The van der Waals surface area contributed by atoms with E-state index in [2.05, 4.69) is 16.8 Å². The molecular weight excluding hydrogens is 366 g/mol. The van der Waals surface area contributed by atoms with Crippen LogP contribution in [-0.4, -0.2) is 32.7 Å². The summed E-state index contributed by atoms with van der Waals surface area (Å²) >= 11 is 0. The molecule has 0 fully saturated rings. The standard InChI is InChI=1S/C23H27N3O3/c1-14(2)22(28)29-10-9-16-12-17(23(4,5)6)21(27)20(13-16)26-24-18-8-7-15(3)11-19(18)25-26/h7-8,11-13,27H,1,9-10H2,2-6H3. The van der Waals surface area contributed by atoms with Gasteiger partial charge in [-0.1, -0.05) is 39.5 Å². The number of aromatic nitrogens is 3. The van der Waals surface area contributed by atoms with Crippen molar-refractivity contribution >= 4 is 17.0 Å². The fourth-order valence-electron chi connectivity index (χ4n) is 3.06. The Morgan fingerprint density at radius 1 is 1.17 bits per heavy atom. The van der Waals surface area contributed by atoms with Crippen molar-refractivity contribution in [1.29, 1.82) is 0 Å². The molecule has 2 aromatic carbocycles. The lowest BCUT2D eigenvalue weighted by Gasteiger charge is -2.23. The number of carbonyl (C=O) groups excluding carboxylic acids is 1. The number of carbonyl (C=O) groups is 1. The van der Waals surface area contributed by atoms with Gasteiger partial charge in [-0.25, -0.2) is 4.79 Å². The number of nitrogens with zero attached hydrogens (tertiary/aromatic N) is 3. The number of ether oxygens (including phenoxy) is 1. The molecule has 3 rings (SSSR count). The fraction of sp³-hybridized carbons (Fsp3) is 0.348. The Morgan fingerprint density at radius 3 is 2.52 bits per heavy atom. The molecule has 0 atom stereocenters. The van der Waals surface area contributed by atoms with Crippen molar-refractivity contribution in [1.82, 2.24) is 15.0 Å². The monoisotopic (exact) mass is 393 g/mol. The zero-order valence-corrected chi connectivity index (χ0v) is 17.6. The zero-order chi connectivity index (χ0) is 21.3. The Morgan fingerprint density at radius 2 is 1.86 bits per heavy atom. The first-order chi connectivity index (χ1) is 13.6. The second kappa shape index (κ2) is 7.70. The van der Waals surface area contributed by atoms with Gasteiger partial charge in [0, 0.05) is 17.6 Å². The number of benzene rings is 2. The number of hydrogen-bond acceptors (Lipinski definition) is 5. The van der Waals surface area contributed by atoms with Crippen molar-refractivity contribution in [3.8, 4) is 11.4 Å². The molecule has 0 bridgehead atoms. The van der Waals surface area contributed by atoms with E-state index in [4.69, 9.17) is 4.74 Å². The van der Waals surface area contributed by atoms with E-state index < -0.39 is 5.97 Å².